The fourth-order valence-corrected chi connectivity index (χ4v) is 2.87. The maximum Gasteiger partial charge on any atom is 0.225 e. The van der Waals surface area contributed by atoms with E-state index in [4.69, 9.17) is 16.3 Å². The second-order valence-corrected chi connectivity index (χ2v) is 5.27. The van der Waals surface area contributed by atoms with Crippen molar-refractivity contribution in [1.82, 2.24) is 9.97 Å². The normalized spacial score (nSPS) is 11.1. The van der Waals surface area contributed by atoms with Gasteiger partial charge in [-0.3, -0.25) is 0 Å². The molecule has 2 heterocycles. The van der Waals surface area contributed by atoms with Crippen LogP contribution in [-0.4, -0.2) is 30.2 Å². The van der Waals surface area contributed by atoms with Crippen LogP contribution in [0.4, 0.5) is 5.82 Å². The average Bonchev–Trinajstić information content (AvgIpc) is 2.54. The molecule has 17 heavy (non-hydrogen) atoms. The summed E-state index contributed by atoms with van der Waals surface area (Å²) in [6, 6.07) is 0. The first-order valence-corrected chi connectivity index (χ1v) is 6.49. The van der Waals surface area contributed by atoms with Gasteiger partial charge in [0.15, 0.2) is 0 Å². The quantitative estimate of drug-likeness (QED) is 0.686. The molecular formula is C11H14ClN3OS. The minimum atomic E-state index is 0.277. The van der Waals surface area contributed by atoms with Gasteiger partial charge in [0.1, 0.15) is 10.6 Å². The van der Waals surface area contributed by atoms with E-state index < -0.39 is 0 Å². The van der Waals surface area contributed by atoms with Crippen LogP contribution in [-0.2, 0) is 4.74 Å². The number of nitrogens with zero attached hydrogens (tertiary/aromatic N) is 2. The molecule has 6 heteroatoms. The van der Waals surface area contributed by atoms with Gasteiger partial charge < -0.3 is 10.1 Å². The second-order valence-electron chi connectivity index (χ2n) is 3.72. The molecule has 0 aromatic carbocycles. The number of aryl methyl sites for hydroxylation is 2. The summed E-state index contributed by atoms with van der Waals surface area (Å²) in [5.41, 5.74) is 1.21. The Kier molecular flexibility index (Phi) is 3.81. The van der Waals surface area contributed by atoms with Crippen molar-refractivity contribution in [2.24, 2.45) is 0 Å². The fraction of sp³-hybridized carbons (Fsp3) is 0.455. The topological polar surface area (TPSA) is 47.0 Å². The van der Waals surface area contributed by atoms with Crippen LogP contribution in [0.2, 0.25) is 5.28 Å². The number of nitrogens with one attached hydrogen (secondary N) is 1. The number of halogens is 1. The second kappa shape index (κ2) is 5.16. The van der Waals surface area contributed by atoms with Crippen molar-refractivity contribution in [2.75, 3.05) is 25.6 Å². The Morgan fingerprint density at radius 3 is 2.82 bits per heavy atom. The Hall–Kier alpha value is -0.910. The molecule has 0 aliphatic heterocycles. The van der Waals surface area contributed by atoms with E-state index in [1.807, 2.05) is 0 Å². The van der Waals surface area contributed by atoms with Crippen LogP contribution in [0.15, 0.2) is 0 Å². The van der Waals surface area contributed by atoms with E-state index in [1.54, 1.807) is 18.4 Å². The van der Waals surface area contributed by atoms with Crippen LogP contribution in [0.25, 0.3) is 10.2 Å². The molecule has 0 fully saturated rings. The molecule has 0 radical (unpaired) electrons. The summed E-state index contributed by atoms with van der Waals surface area (Å²) in [5.74, 6) is 0.791. The van der Waals surface area contributed by atoms with Gasteiger partial charge in [-0.1, -0.05) is 0 Å². The molecule has 0 aliphatic carbocycles. The monoisotopic (exact) mass is 271 g/mol. The van der Waals surface area contributed by atoms with Gasteiger partial charge >= 0.3 is 0 Å². The Morgan fingerprint density at radius 2 is 2.12 bits per heavy atom. The van der Waals surface area contributed by atoms with E-state index in [1.165, 1.54) is 10.4 Å². The van der Waals surface area contributed by atoms with Gasteiger partial charge in [0.05, 0.1) is 12.0 Å². The molecule has 4 nitrogen and oxygen atoms in total. The van der Waals surface area contributed by atoms with Crippen molar-refractivity contribution in [3.05, 3.63) is 15.7 Å². The lowest BCUT2D eigenvalue weighted by molar-refractivity contribution is 0.210. The van der Waals surface area contributed by atoms with Gasteiger partial charge in [-0.2, -0.15) is 0 Å². The third-order valence-electron chi connectivity index (χ3n) is 2.60. The van der Waals surface area contributed by atoms with E-state index in [9.17, 15) is 0 Å². The maximum atomic E-state index is 5.91. The molecular weight excluding hydrogens is 258 g/mol. The Balaban J connectivity index is 2.44. The molecule has 0 atom stereocenters. The Morgan fingerprint density at radius 1 is 1.35 bits per heavy atom. The number of rotatable bonds is 4. The number of ether oxygens (including phenoxy) is 1. The highest BCUT2D eigenvalue weighted by Gasteiger charge is 2.13. The van der Waals surface area contributed by atoms with Gasteiger partial charge in [0, 0.05) is 18.5 Å². The minimum absolute atomic E-state index is 0.277. The smallest absolute Gasteiger partial charge is 0.225 e. The molecule has 0 unspecified atom stereocenters. The predicted octanol–water partition coefficient (Wildman–Crippen LogP) is 3.02. The predicted molar refractivity (Wildman–Crippen MR) is 72.3 cm³/mol. The van der Waals surface area contributed by atoms with Crippen LogP contribution >= 0.6 is 22.9 Å². The zero-order chi connectivity index (χ0) is 12.4. The fourth-order valence-electron chi connectivity index (χ4n) is 1.62. The lowest BCUT2D eigenvalue weighted by Gasteiger charge is -2.07. The van der Waals surface area contributed by atoms with E-state index >= 15 is 0 Å². The number of hydrogen-bond acceptors (Lipinski definition) is 5. The zero-order valence-electron chi connectivity index (χ0n) is 10.0. The minimum Gasteiger partial charge on any atom is -0.383 e. The molecule has 0 saturated carbocycles. The lowest BCUT2D eigenvalue weighted by Crippen LogP contribution is -2.09. The van der Waals surface area contributed by atoms with E-state index in [0.29, 0.717) is 13.2 Å². The van der Waals surface area contributed by atoms with Crippen LogP contribution < -0.4 is 5.32 Å². The van der Waals surface area contributed by atoms with E-state index in [2.05, 4.69) is 29.1 Å². The van der Waals surface area contributed by atoms with Gasteiger partial charge in [-0.05, 0) is 31.0 Å². The molecule has 0 aliphatic rings. The summed E-state index contributed by atoms with van der Waals surface area (Å²) in [7, 11) is 1.67. The molecule has 0 bridgehead atoms. The van der Waals surface area contributed by atoms with Crippen LogP contribution in [0.5, 0.6) is 0 Å². The Labute approximate surface area is 109 Å². The number of methoxy groups -OCH3 is 1. The van der Waals surface area contributed by atoms with Crippen molar-refractivity contribution >= 4 is 39.0 Å². The molecule has 2 rings (SSSR count). The average molecular weight is 272 g/mol. The number of fused-ring (bicyclic) bond motifs is 1. The van der Waals surface area contributed by atoms with E-state index in [-0.39, 0.29) is 5.28 Å². The first-order chi connectivity index (χ1) is 8.13. The third-order valence-corrected chi connectivity index (χ3v) is 3.87. The summed E-state index contributed by atoms with van der Waals surface area (Å²) >= 11 is 7.55. The van der Waals surface area contributed by atoms with Crippen molar-refractivity contribution < 1.29 is 4.74 Å². The van der Waals surface area contributed by atoms with E-state index in [0.717, 1.165) is 16.0 Å². The van der Waals surface area contributed by atoms with Crippen LogP contribution in [0, 0.1) is 13.8 Å². The number of thiophene rings is 1. The molecule has 0 amide bonds. The number of aromatic nitrogens is 2. The van der Waals surface area contributed by atoms with Crippen molar-refractivity contribution in [3.8, 4) is 0 Å². The van der Waals surface area contributed by atoms with Crippen molar-refractivity contribution in [3.63, 3.8) is 0 Å². The van der Waals surface area contributed by atoms with Gasteiger partial charge in [0.25, 0.3) is 0 Å². The maximum absolute atomic E-state index is 5.91. The highest BCUT2D eigenvalue weighted by atomic mass is 35.5. The van der Waals surface area contributed by atoms with Crippen molar-refractivity contribution in [1.29, 1.82) is 0 Å². The van der Waals surface area contributed by atoms with Gasteiger partial charge in [0.2, 0.25) is 5.28 Å². The summed E-state index contributed by atoms with van der Waals surface area (Å²) in [6.07, 6.45) is 0. The third kappa shape index (κ3) is 2.51. The molecule has 92 valence electrons. The number of anilines is 1. The molecule has 0 spiro atoms. The highest BCUT2D eigenvalue weighted by molar-refractivity contribution is 7.18. The molecule has 2 aromatic rings. The SMILES string of the molecule is COCCNc1nc(Cl)nc2sc(C)c(C)c12. The van der Waals surface area contributed by atoms with Gasteiger partial charge in [-0.15, -0.1) is 11.3 Å². The number of hydrogen-bond donors (Lipinski definition) is 1. The first kappa shape index (κ1) is 12.5. The largest absolute Gasteiger partial charge is 0.383 e. The highest BCUT2D eigenvalue weighted by Crippen LogP contribution is 2.33. The Bertz CT molecular complexity index is 541. The standard InChI is InChI=1S/C11H14ClN3OS/c1-6-7(2)17-10-8(6)9(13-4-5-16-3)14-11(12)15-10/h4-5H2,1-3H3,(H,13,14,15). The van der Waals surface area contributed by atoms with Crippen LogP contribution in [0.3, 0.4) is 0 Å². The summed E-state index contributed by atoms with van der Waals surface area (Å²) in [6.45, 7) is 5.49. The first-order valence-electron chi connectivity index (χ1n) is 5.29. The summed E-state index contributed by atoms with van der Waals surface area (Å²) in [4.78, 5) is 10.7. The van der Waals surface area contributed by atoms with Gasteiger partial charge in [-0.25, -0.2) is 9.97 Å². The van der Waals surface area contributed by atoms with Crippen LogP contribution in [0.1, 0.15) is 10.4 Å². The molecule has 2 aromatic heterocycles. The summed E-state index contributed by atoms with van der Waals surface area (Å²) < 4.78 is 5.01. The molecule has 1 N–H and O–H groups in total. The van der Waals surface area contributed by atoms with Crippen molar-refractivity contribution in [2.45, 2.75) is 13.8 Å². The zero-order valence-corrected chi connectivity index (χ0v) is 11.6. The summed E-state index contributed by atoms with van der Waals surface area (Å²) in [5, 5.41) is 4.57. The lowest BCUT2D eigenvalue weighted by atomic mass is 10.2. The molecule has 0 saturated heterocycles.